The van der Waals surface area contributed by atoms with Crippen LogP contribution in [0.2, 0.25) is 5.02 Å². The zero-order valence-electron chi connectivity index (χ0n) is 14.5. The predicted molar refractivity (Wildman–Crippen MR) is 95.8 cm³/mol. The first-order valence-electron chi connectivity index (χ1n) is 8.04. The maximum Gasteiger partial charge on any atom is 0.416 e. The number of hydrogen-bond donors (Lipinski definition) is 1. The summed E-state index contributed by atoms with van der Waals surface area (Å²) in [6.07, 6.45) is -4.35. The minimum absolute atomic E-state index is 0.131. The van der Waals surface area contributed by atoms with Crippen LogP contribution in [0.3, 0.4) is 0 Å². The Morgan fingerprint density at radius 3 is 2.42 bits per heavy atom. The summed E-state index contributed by atoms with van der Waals surface area (Å²) in [6.45, 7) is 2.36. The molecule has 1 N–H and O–H groups in total. The first kappa shape index (κ1) is 20.3. The number of nitrogens with one attached hydrogen (secondary N) is 1. The summed E-state index contributed by atoms with van der Waals surface area (Å²) >= 11 is 5.95. The average molecular weight is 385 g/mol. The summed E-state index contributed by atoms with van der Waals surface area (Å²) in [7, 11) is 1.74. The van der Waals surface area contributed by atoms with E-state index in [2.05, 4.69) is 5.32 Å². The van der Waals surface area contributed by atoms with Crippen LogP contribution < -0.4 is 5.32 Å². The zero-order valence-corrected chi connectivity index (χ0v) is 15.2. The van der Waals surface area contributed by atoms with Crippen LogP contribution >= 0.6 is 11.6 Å². The Kier molecular flexibility index (Phi) is 6.67. The van der Waals surface area contributed by atoms with Crippen molar-refractivity contribution in [2.45, 2.75) is 25.7 Å². The van der Waals surface area contributed by atoms with Crippen molar-refractivity contribution in [1.82, 2.24) is 10.2 Å². The van der Waals surface area contributed by atoms with Crippen LogP contribution in [0.5, 0.6) is 0 Å². The van der Waals surface area contributed by atoms with Gasteiger partial charge < -0.3 is 5.32 Å². The summed E-state index contributed by atoms with van der Waals surface area (Å²) < 4.78 is 37.7. The lowest BCUT2D eigenvalue weighted by atomic mass is 10.1. The van der Waals surface area contributed by atoms with Crippen molar-refractivity contribution in [2.75, 3.05) is 13.6 Å². The number of alkyl halides is 3. The van der Waals surface area contributed by atoms with Gasteiger partial charge in [0.05, 0.1) is 18.2 Å². The molecule has 0 radical (unpaired) electrons. The number of likely N-dealkylation sites (N-methyl/N-ethyl adjacent to an activating group) is 1. The number of benzene rings is 2. The minimum atomic E-state index is -4.35. The van der Waals surface area contributed by atoms with E-state index in [0.717, 1.165) is 17.7 Å². The van der Waals surface area contributed by atoms with Gasteiger partial charge in [-0.25, -0.2) is 0 Å². The molecule has 7 heteroatoms. The number of amides is 1. The van der Waals surface area contributed by atoms with Crippen LogP contribution in [-0.4, -0.2) is 24.4 Å². The molecule has 0 saturated carbocycles. The molecule has 0 spiro atoms. The van der Waals surface area contributed by atoms with Crippen molar-refractivity contribution in [2.24, 2.45) is 0 Å². The van der Waals surface area contributed by atoms with E-state index in [0.29, 0.717) is 17.1 Å². The fourth-order valence-electron chi connectivity index (χ4n) is 2.56. The SMILES string of the molecule is C[C@H](NC(=O)CN(C)Cc1ccc(C(F)(F)F)cc1)c1cccc(Cl)c1. The normalized spacial score (nSPS) is 12.9. The lowest BCUT2D eigenvalue weighted by Crippen LogP contribution is -2.36. The minimum Gasteiger partial charge on any atom is -0.348 e. The quantitative estimate of drug-likeness (QED) is 0.785. The number of halogens is 4. The summed E-state index contributed by atoms with van der Waals surface area (Å²) in [6, 6.07) is 12.0. The first-order valence-corrected chi connectivity index (χ1v) is 8.42. The van der Waals surface area contributed by atoms with Gasteiger partial charge in [0.15, 0.2) is 0 Å². The highest BCUT2D eigenvalue weighted by Crippen LogP contribution is 2.29. The molecule has 0 bridgehead atoms. The van der Waals surface area contributed by atoms with Gasteiger partial charge in [0, 0.05) is 11.6 Å². The lowest BCUT2D eigenvalue weighted by molar-refractivity contribution is -0.137. The van der Waals surface area contributed by atoms with Crippen molar-refractivity contribution in [3.63, 3.8) is 0 Å². The lowest BCUT2D eigenvalue weighted by Gasteiger charge is -2.19. The molecule has 1 amide bonds. The molecule has 2 aromatic carbocycles. The highest BCUT2D eigenvalue weighted by atomic mass is 35.5. The Morgan fingerprint density at radius 1 is 1.19 bits per heavy atom. The van der Waals surface area contributed by atoms with Gasteiger partial charge in [-0.15, -0.1) is 0 Å². The second kappa shape index (κ2) is 8.56. The van der Waals surface area contributed by atoms with Gasteiger partial charge in [0.25, 0.3) is 0 Å². The van der Waals surface area contributed by atoms with Crippen molar-refractivity contribution in [3.8, 4) is 0 Å². The number of rotatable bonds is 6. The van der Waals surface area contributed by atoms with E-state index in [4.69, 9.17) is 11.6 Å². The molecule has 0 aliphatic rings. The van der Waals surface area contributed by atoms with Gasteiger partial charge in [-0.3, -0.25) is 9.69 Å². The molecule has 0 fully saturated rings. The largest absolute Gasteiger partial charge is 0.416 e. The molecule has 26 heavy (non-hydrogen) atoms. The van der Waals surface area contributed by atoms with Crippen molar-refractivity contribution >= 4 is 17.5 Å². The summed E-state index contributed by atoms with van der Waals surface area (Å²) in [5.74, 6) is -0.174. The van der Waals surface area contributed by atoms with Crippen LogP contribution in [0.15, 0.2) is 48.5 Å². The molecule has 2 aromatic rings. The zero-order chi connectivity index (χ0) is 19.3. The van der Waals surface area contributed by atoms with Gasteiger partial charge in [0.1, 0.15) is 0 Å². The van der Waals surface area contributed by atoms with Gasteiger partial charge in [-0.05, 0) is 49.4 Å². The summed E-state index contributed by atoms with van der Waals surface area (Å²) in [5, 5.41) is 3.48. The van der Waals surface area contributed by atoms with Crippen molar-refractivity contribution in [3.05, 3.63) is 70.2 Å². The number of carbonyl (C=O) groups is 1. The highest BCUT2D eigenvalue weighted by Gasteiger charge is 2.29. The maximum absolute atomic E-state index is 12.6. The second-order valence-electron chi connectivity index (χ2n) is 6.21. The molecule has 3 nitrogen and oxygen atoms in total. The summed E-state index contributed by atoms with van der Waals surface area (Å²) in [5.41, 5.74) is 0.921. The topological polar surface area (TPSA) is 32.3 Å². The molecule has 0 heterocycles. The van der Waals surface area contributed by atoms with Crippen molar-refractivity contribution < 1.29 is 18.0 Å². The molecular formula is C19H20ClF3N2O. The van der Waals surface area contributed by atoms with Crippen LogP contribution in [-0.2, 0) is 17.5 Å². The molecule has 0 unspecified atom stereocenters. The highest BCUT2D eigenvalue weighted by molar-refractivity contribution is 6.30. The molecule has 1 atom stereocenters. The third-order valence-corrected chi connectivity index (χ3v) is 4.11. The Balaban J connectivity index is 1.87. The molecule has 0 aromatic heterocycles. The number of nitrogens with zero attached hydrogens (tertiary/aromatic N) is 1. The molecule has 0 aliphatic heterocycles. The van der Waals surface area contributed by atoms with Gasteiger partial charge >= 0.3 is 6.18 Å². The third-order valence-electron chi connectivity index (χ3n) is 3.87. The van der Waals surface area contributed by atoms with E-state index in [9.17, 15) is 18.0 Å². The smallest absolute Gasteiger partial charge is 0.348 e. The molecule has 0 aliphatic carbocycles. The van der Waals surface area contributed by atoms with E-state index in [1.165, 1.54) is 12.1 Å². The molecule has 0 saturated heterocycles. The van der Waals surface area contributed by atoms with Crippen molar-refractivity contribution in [1.29, 1.82) is 0 Å². The van der Waals surface area contributed by atoms with Gasteiger partial charge in [-0.2, -0.15) is 13.2 Å². The third kappa shape index (κ3) is 6.04. The Bertz CT molecular complexity index is 747. The van der Waals surface area contributed by atoms with Gasteiger partial charge in [0.2, 0.25) is 5.91 Å². The van der Waals surface area contributed by atoms with E-state index in [-0.39, 0.29) is 18.5 Å². The maximum atomic E-state index is 12.6. The van der Waals surface area contributed by atoms with Crippen LogP contribution in [0.1, 0.15) is 29.7 Å². The van der Waals surface area contributed by atoms with E-state index in [1.54, 1.807) is 24.1 Å². The fraction of sp³-hybridized carbons (Fsp3) is 0.316. The molecule has 2 rings (SSSR count). The van der Waals surface area contributed by atoms with E-state index >= 15 is 0 Å². The molecule has 140 valence electrons. The van der Waals surface area contributed by atoms with E-state index in [1.807, 2.05) is 19.1 Å². The standard InChI is InChI=1S/C19H20ClF3N2O/c1-13(15-4-3-5-17(20)10-15)24-18(26)12-25(2)11-14-6-8-16(9-7-14)19(21,22)23/h3-10,13H,11-12H2,1-2H3,(H,24,26)/t13-/m0/s1. The first-order chi connectivity index (χ1) is 12.1. The summed E-state index contributed by atoms with van der Waals surface area (Å²) in [4.78, 5) is 13.9. The second-order valence-corrected chi connectivity index (χ2v) is 6.65. The number of carbonyl (C=O) groups excluding carboxylic acids is 1. The van der Waals surface area contributed by atoms with Crippen LogP contribution in [0.4, 0.5) is 13.2 Å². The van der Waals surface area contributed by atoms with E-state index < -0.39 is 11.7 Å². The monoisotopic (exact) mass is 384 g/mol. The Morgan fingerprint density at radius 2 is 1.85 bits per heavy atom. The molecular weight excluding hydrogens is 365 g/mol. The Hall–Kier alpha value is -2.05. The number of hydrogen-bond acceptors (Lipinski definition) is 2. The fourth-order valence-corrected chi connectivity index (χ4v) is 2.76. The van der Waals surface area contributed by atoms with Gasteiger partial charge in [-0.1, -0.05) is 35.9 Å². The predicted octanol–water partition coefficient (Wildman–Crippen LogP) is 4.67. The van der Waals surface area contributed by atoms with Crippen LogP contribution in [0.25, 0.3) is 0 Å². The Labute approximate surface area is 155 Å². The average Bonchev–Trinajstić information content (AvgIpc) is 2.54. The van der Waals surface area contributed by atoms with Crippen LogP contribution in [0, 0.1) is 0 Å².